The third-order valence-electron chi connectivity index (χ3n) is 3.48. The number of hydrogen-bond acceptors (Lipinski definition) is 5. The fraction of sp³-hybridized carbons (Fsp3) is 0.750. The molecule has 0 amide bonds. The first-order chi connectivity index (χ1) is 9.11. The Morgan fingerprint density at radius 3 is 2.89 bits per heavy atom. The minimum atomic E-state index is -0.873. The van der Waals surface area contributed by atoms with Gasteiger partial charge in [0.2, 0.25) is 0 Å². The summed E-state index contributed by atoms with van der Waals surface area (Å²) < 4.78 is 1.93. The number of aliphatic carboxylic acids is 1. The predicted octanol–water partition coefficient (Wildman–Crippen LogP) is 1.70. The first-order valence-corrected chi connectivity index (χ1v) is 7.49. The molecule has 1 heterocycles. The molecule has 1 aliphatic rings. The van der Waals surface area contributed by atoms with Gasteiger partial charge in [-0.1, -0.05) is 31.5 Å². The zero-order valence-electron chi connectivity index (χ0n) is 10.9. The second-order valence-electron chi connectivity index (χ2n) is 5.03. The molecule has 1 aromatic heterocycles. The van der Waals surface area contributed by atoms with Gasteiger partial charge in [0, 0.05) is 6.04 Å². The van der Waals surface area contributed by atoms with E-state index in [1.54, 1.807) is 0 Å². The fourth-order valence-electron chi connectivity index (χ4n) is 2.64. The number of aliphatic hydroxyl groups excluding tert-OH is 1. The van der Waals surface area contributed by atoms with E-state index in [9.17, 15) is 9.90 Å². The molecule has 0 saturated heterocycles. The Morgan fingerprint density at radius 2 is 2.26 bits per heavy atom. The molecular formula is C12H19N3O3S. The second-order valence-corrected chi connectivity index (χ2v) is 5.98. The summed E-state index contributed by atoms with van der Waals surface area (Å²) in [6.07, 6.45) is 4.45. The lowest BCUT2D eigenvalue weighted by Crippen LogP contribution is -2.20. The summed E-state index contributed by atoms with van der Waals surface area (Å²) in [6.45, 7) is 2.06. The zero-order chi connectivity index (χ0) is 13.8. The van der Waals surface area contributed by atoms with Gasteiger partial charge >= 0.3 is 5.97 Å². The molecule has 2 N–H and O–H groups in total. The first kappa shape index (κ1) is 14.3. The van der Waals surface area contributed by atoms with E-state index < -0.39 is 5.97 Å². The number of thioether (sulfide) groups is 1. The largest absolute Gasteiger partial charge is 0.481 e. The van der Waals surface area contributed by atoms with Crippen LogP contribution in [0.15, 0.2) is 5.16 Å². The van der Waals surface area contributed by atoms with Crippen molar-refractivity contribution in [1.29, 1.82) is 0 Å². The summed E-state index contributed by atoms with van der Waals surface area (Å²) in [5.74, 6) is 0.269. The molecule has 2 unspecified atom stereocenters. The van der Waals surface area contributed by atoms with E-state index in [4.69, 9.17) is 5.11 Å². The van der Waals surface area contributed by atoms with Gasteiger partial charge in [0.05, 0.1) is 5.75 Å². The van der Waals surface area contributed by atoms with Crippen LogP contribution in [-0.4, -0.2) is 36.7 Å². The Morgan fingerprint density at radius 1 is 1.47 bits per heavy atom. The maximum atomic E-state index is 10.7. The van der Waals surface area contributed by atoms with Gasteiger partial charge in [-0.15, -0.1) is 10.2 Å². The summed E-state index contributed by atoms with van der Waals surface area (Å²) in [6, 6.07) is 0.275. The molecule has 2 rings (SSSR count). The number of nitrogens with zero attached hydrogens (tertiary/aromatic N) is 3. The summed E-state index contributed by atoms with van der Waals surface area (Å²) in [5, 5.41) is 26.7. The minimum Gasteiger partial charge on any atom is -0.481 e. The van der Waals surface area contributed by atoms with Crippen molar-refractivity contribution in [2.45, 2.75) is 50.4 Å². The van der Waals surface area contributed by atoms with E-state index in [1.165, 1.54) is 6.42 Å². The molecule has 1 saturated carbocycles. The Balaban J connectivity index is 2.20. The van der Waals surface area contributed by atoms with Crippen molar-refractivity contribution in [2.75, 3.05) is 5.75 Å². The van der Waals surface area contributed by atoms with Gasteiger partial charge in [-0.2, -0.15) is 0 Å². The third-order valence-corrected chi connectivity index (χ3v) is 4.40. The smallest absolute Gasteiger partial charge is 0.313 e. The van der Waals surface area contributed by atoms with Crippen LogP contribution in [0.1, 0.15) is 44.5 Å². The highest BCUT2D eigenvalue weighted by Crippen LogP contribution is 2.35. The highest BCUT2D eigenvalue weighted by molar-refractivity contribution is 7.99. The van der Waals surface area contributed by atoms with Gasteiger partial charge in [0.25, 0.3) is 0 Å². The molecule has 0 spiro atoms. The van der Waals surface area contributed by atoms with Crippen LogP contribution >= 0.6 is 11.8 Å². The lowest BCUT2D eigenvalue weighted by Gasteiger charge is -2.29. The van der Waals surface area contributed by atoms with Crippen LogP contribution in [-0.2, 0) is 11.4 Å². The number of hydrogen-bond donors (Lipinski definition) is 2. The Hall–Kier alpha value is -1.08. The molecule has 0 radical (unpaired) electrons. The highest BCUT2D eigenvalue weighted by Gasteiger charge is 2.25. The van der Waals surface area contributed by atoms with E-state index in [-0.39, 0.29) is 18.4 Å². The van der Waals surface area contributed by atoms with Crippen LogP contribution in [0.4, 0.5) is 0 Å². The molecular weight excluding hydrogens is 266 g/mol. The van der Waals surface area contributed by atoms with E-state index in [0.29, 0.717) is 16.9 Å². The van der Waals surface area contributed by atoms with E-state index in [0.717, 1.165) is 31.0 Å². The van der Waals surface area contributed by atoms with Gasteiger partial charge in [-0.3, -0.25) is 4.79 Å². The molecule has 2 atom stereocenters. The Labute approximate surface area is 116 Å². The van der Waals surface area contributed by atoms with Crippen molar-refractivity contribution < 1.29 is 15.0 Å². The number of aliphatic hydroxyl groups is 1. The number of carbonyl (C=O) groups is 1. The molecule has 1 aromatic rings. The Kier molecular flexibility index (Phi) is 4.81. The molecule has 1 fully saturated rings. The van der Waals surface area contributed by atoms with Crippen molar-refractivity contribution in [3.63, 3.8) is 0 Å². The monoisotopic (exact) mass is 285 g/mol. The normalized spacial score (nSPS) is 23.5. The van der Waals surface area contributed by atoms with E-state index in [2.05, 4.69) is 17.1 Å². The highest BCUT2D eigenvalue weighted by atomic mass is 32.2. The molecule has 0 aliphatic heterocycles. The number of carboxylic acids is 1. The van der Waals surface area contributed by atoms with E-state index in [1.807, 2.05) is 4.57 Å². The quantitative estimate of drug-likeness (QED) is 0.801. The second kappa shape index (κ2) is 6.38. The van der Waals surface area contributed by atoms with Crippen LogP contribution in [0.25, 0.3) is 0 Å². The topological polar surface area (TPSA) is 88.2 Å². The maximum Gasteiger partial charge on any atom is 0.313 e. The average Bonchev–Trinajstić information content (AvgIpc) is 2.79. The lowest BCUT2D eigenvalue weighted by atomic mass is 9.87. The summed E-state index contributed by atoms with van der Waals surface area (Å²) in [4.78, 5) is 10.7. The molecule has 19 heavy (non-hydrogen) atoms. The van der Waals surface area contributed by atoms with Crippen molar-refractivity contribution in [2.24, 2.45) is 5.92 Å². The van der Waals surface area contributed by atoms with Crippen molar-refractivity contribution in [3.8, 4) is 0 Å². The van der Waals surface area contributed by atoms with Crippen LogP contribution in [0.2, 0.25) is 0 Å². The minimum absolute atomic E-state index is 0.0359. The van der Waals surface area contributed by atoms with Crippen LogP contribution in [0.3, 0.4) is 0 Å². The summed E-state index contributed by atoms with van der Waals surface area (Å²) in [5.41, 5.74) is 0. The first-order valence-electron chi connectivity index (χ1n) is 6.51. The number of aromatic nitrogens is 3. The third kappa shape index (κ3) is 3.48. The van der Waals surface area contributed by atoms with Crippen LogP contribution in [0, 0.1) is 5.92 Å². The summed E-state index contributed by atoms with van der Waals surface area (Å²) >= 11 is 1.16. The van der Waals surface area contributed by atoms with Crippen molar-refractivity contribution in [3.05, 3.63) is 5.82 Å². The molecule has 1 aliphatic carbocycles. The van der Waals surface area contributed by atoms with Gasteiger partial charge < -0.3 is 14.8 Å². The molecule has 0 aromatic carbocycles. The molecule has 6 nitrogen and oxygen atoms in total. The van der Waals surface area contributed by atoms with Gasteiger partial charge in [0.15, 0.2) is 11.0 Å². The average molecular weight is 285 g/mol. The lowest BCUT2D eigenvalue weighted by molar-refractivity contribution is -0.133. The summed E-state index contributed by atoms with van der Waals surface area (Å²) in [7, 11) is 0. The Bertz CT molecular complexity index is 449. The van der Waals surface area contributed by atoms with Crippen molar-refractivity contribution >= 4 is 17.7 Å². The number of carboxylic acid groups (broad SMARTS) is 1. The van der Waals surface area contributed by atoms with E-state index >= 15 is 0 Å². The van der Waals surface area contributed by atoms with Crippen LogP contribution in [0.5, 0.6) is 0 Å². The SMILES string of the molecule is CC1CCCC(n2c(CO)nnc2SCC(=O)O)C1. The molecule has 7 heteroatoms. The van der Waals surface area contributed by atoms with Gasteiger partial charge in [-0.25, -0.2) is 0 Å². The maximum absolute atomic E-state index is 10.7. The molecule has 106 valence electrons. The van der Waals surface area contributed by atoms with Crippen LogP contribution < -0.4 is 0 Å². The van der Waals surface area contributed by atoms with Gasteiger partial charge in [-0.05, 0) is 18.8 Å². The van der Waals surface area contributed by atoms with Gasteiger partial charge in [0.1, 0.15) is 6.61 Å². The zero-order valence-corrected chi connectivity index (χ0v) is 11.8. The fourth-order valence-corrected chi connectivity index (χ4v) is 3.39. The molecule has 0 bridgehead atoms. The predicted molar refractivity (Wildman–Crippen MR) is 71.0 cm³/mol. The van der Waals surface area contributed by atoms with Crippen molar-refractivity contribution in [1.82, 2.24) is 14.8 Å². The number of rotatable bonds is 5. The standard InChI is InChI=1S/C12H19N3O3S/c1-8-3-2-4-9(5-8)15-10(6-16)13-14-12(15)19-7-11(17)18/h8-9,16H,2-7H2,1H3,(H,17,18).